The van der Waals surface area contributed by atoms with E-state index >= 15 is 0 Å². The van der Waals surface area contributed by atoms with Crippen LogP contribution in [0.15, 0.2) is 36.5 Å². The van der Waals surface area contributed by atoms with E-state index in [0.29, 0.717) is 24.7 Å². The summed E-state index contributed by atoms with van der Waals surface area (Å²) in [5.74, 6) is 1.34. The van der Waals surface area contributed by atoms with Gasteiger partial charge in [0.15, 0.2) is 9.84 Å². The number of anilines is 2. The van der Waals surface area contributed by atoms with Gasteiger partial charge in [0.1, 0.15) is 11.6 Å². The van der Waals surface area contributed by atoms with Crippen LogP contribution in [-0.2, 0) is 16.3 Å². The Morgan fingerprint density at radius 1 is 1.28 bits per heavy atom. The maximum Gasteiger partial charge on any atom is 0.224 e. The monoisotopic (exact) mass is 364 g/mol. The molecular weight excluding hydrogens is 343 g/mol. The molecule has 1 atom stereocenters. The van der Waals surface area contributed by atoms with Gasteiger partial charge in [-0.05, 0) is 36.6 Å². The van der Waals surface area contributed by atoms with Gasteiger partial charge < -0.3 is 10.2 Å². The summed E-state index contributed by atoms with van der Waals surface area (Å²) in [6.45, 7) is 0.622. The molecule has 134 valence electrons. The van der Waals surface area contributed by atoms with Crippen molar-refractivity contribution in [1.82, 2.24) is 9.97 Å². The molecule has 1 aromatic carbocycles. The molecule has 0 amide bonds. The normalized spacial score (nSPS) is 18.9. The van der Waals surface area contributed by atoms with E-state index in [1.807, 2.05) is 11.9 Å². The summed E-state index contributed by atoms with van der Waals surface area (Å²) >= 11 is 0. The molecule has 1 aliphatic rings. The molecule has 1 N–H and O–H groups in total. The number of aromatic nitrogens is 2. The van der Waals surface area contributed by atoms with E-state index in [2.05, 4.69) is 15.3 Å². The van der Waals surface area contributed by atoms with Crippen molar-refractivity contribution in [3.63, 3.8) is 0 Å². The van der Waals surface area contributed by atoms with E-state index in [9.17, 15) is 12.8 Å². The molecule has 0 radical (unpaired) electrons. The van der Waals surface area contributed by atoms with Gasteiger partial charge in [0.25, 0.3) is 0 Å². The molecule has 1 aliphatic heterocycles. The van der Waals surface area contributed by atoms with E-state index < -0.39 is 9.84 Å². The lowest BCUT2D eigenvalue weighted by Gasteiger charge is -2.24. The SMILES string of the molecule is CN(c1ccnc(NCCc2ccc(F)cc2)n1)C1CCS(=O)(=O)C1. The molecule has 2 aromatic rings. The second-order valence-corrected chi connectivity index (χ2v) is 8.44. The van der Waals surface area contributed by atoms with E-state index in [1.54, 1.807) is 24.4 Å². The van der Waals surface area contributed by atoms with Crippen LogP contribution in [0.25, 0.3) is 0 Å². The van der Waals surface area contributed by atoms with Gasteiger partial charge >= 0.3 is 0 Å². The second kappa shape index (κ2) is 7.35. The predicted molar refractivity (Wildman–Crippen MR) is 96.1 cm³/mol. The number of hydrogen-bond acceptors (Lipinski definition) is 6. The molecule has 1 unspecified atom stereocenters. The standard InChI is InChI=1S/C17H21FN4O2S/c1-22(15-8-11-25(23,24)12-15)16-7-10-20-17(21-16)19-9-6-13-2-4-14(18)5-3-13/h2-5,7,10,15H,6,8-9,11-12H2,1H3,(H,19,20,21). The lowest BCUT2D eigenvalue weighted by Crippen LogP contribution is -2.33. The minimum atomic E-state index is -2.93. The average molecular weight is 364 g/mol. The van der Waals surface area contributed by atoms with Crippen molar-refractivity contribution >= 4 is 21.6 Å². The molecule has 0 aliphatic carbocycles. The Balaban J connectivity index is 1.58. The van der Waals surface area contributed by atoms with Crippen LogP contribution >= 0.6 is 0 Å². The van der Waals surface area contributed by atoms with Gasteiger partial charge in [-0.25, -0.2) is 17.8 Å². The van der Waals surface area contributed by atoms with Crippen molar-refractivity contribution in [2.75, 3.05) is 35.3 Å². The minimum absolute atomic E-state index is 0.0491. The Morgan fingerprint density at radius 2 is 2.04 bits per heavy atom. The number of nitrogens with one attached hydrogen (secondary N) is 1. The number of benzene rings is 1. The van der Waals surface area contributed by atoms with E-state index in [-0.39, 0.29) is 23.4 Å². The van der Waals surface area contributed by atoms with Crippen LogP contribution in [0.5, 0.6) is 0 Å². The highest BCUT2D eigenvalue weighted by Gasteiger charge is 2.31. The zero-order valence-corrected chi connectivity index (χ0v) is 14.8. The van der Waals surface area contributed by atoms with E-state index in [0.717, 1.165) is 12.0 Å². The highest BCUT2D eigenvalue weighted by atomic mass is 32.2. The second-order valence-electron chi connectivity index (χ2n) is 6.21. The van der Waals surface area contributed by atoms with Crippen LogP contribution in [0.2, 0.25) is 0 Å². The van der Waals surface area contributed by atoms with Gasteiger partial charge in [0, 0.05) is 25.8 Å². The molecular formula is C17H21FN4O2S. The van der Waals surface area contributed by atoms with E-state index in [4.69, 9.17) is 0 Å². The third-order valence-electron chi connectivity index (χ3n) is 4.37. The first kappa shape index (κ1) is 17.6. The topological polar surface area (TPSA) is 75.2 Å². The molecule has 0 bridgehead atoms. The summed E-state index contributed by atoms with van der Waals surface area (Å²) in [7, 11) is -1.08. The predicted octanol–water partition coefficient (Wildman–Crippen LogP) is 1.89. The summed E-state index contributed by atoms with van der Waals surface area (Å²) in [5, 5.41) is 3.15. The molecule has 25 heavy (non-hydrogen) atoms. The Labute approximate surface area is 147 Å². The average Bonchev–Trinajstić information content (AvgIpc) is 2.96. The van der Waals surface area contributed by atoms with Crippen LogP contribution in [-0.4, -0.2) is 49.5 Å². The van der Waals surface area contributed by atoms with Crippen LogP contribution < -0.4 is 10.2 Å². The lowest BCUT2D eigenvalue weighted by molar-refractivity contribution is 0.600. The molecule has 0 saturated carbocycles. The fourth-order valence-corrected chi connectivity index (χ4v) is 4.64. The van der Waals surface area contributed by atoms with Crippen LogP contribution in [0.1, 0.15) is 12.0 Å². The first-order valence-electron chi connectivity index (χ1n) is 8.17. The fraction of sp³-hybridized carbons (Fsp3) is 0.412. The van der Waals surface area contributed by atoms with Crippen molar-refractivity contribution in [2.45, 2.75) is 18.9 Å². The van der Waals surface area contributed by atoms with Crippen molar-refractivity contribution in [3.8, 4) is 0 Å². The maximum atomic E-state index is 12.9. The van der Waals surface area contributed by atoms with E-state index in [1.165, 1.54) is 12.1 Å². The minimum Gasteiger partial charge on any atom is -0.355 e. The Hall–Kier alpha value is -2.22. The molecule has 1 aromatic heterocycles. The largest absolute Gasteiger partial charge is 0.355 e. The van der Waals surface area contributed by atoms with Gasteiger partial charge in [0.05, 0.1) is 11.5 Å². The number of nitrogens with zero attached hydrogens (tertiary/aromatic N) is 3. The van der Waals surface area contributed by atoms with Crippen LogP contribution in [0.3, 0.4) is 0 Å². The highest BCUT2D eigenvalue weighted by Crippen LogP contribution is 2.21. The van der Waals surface area contributed by atoms with Gasteiger partial charge in [-0.1, -0.05) is 12.1 Å². The maximum absolute atomic E-state index is 12.9. The zero-order valence-electron chi connectivity index (χ0n) is 14.0. The third-order valence-corrected chi connectivity index (χ3v) is 6.12. The lowest BCUT2D eigenvalue weighted by atomic mass is 10.1. The molecule has 2 heterocycles. The van der Waals surface area contributed by atoms with Gasteiger partial charge in [-0.15, -0.1) is 0 Å². The Morgan fingerprint density at radius 3 is 2.72 bits per heavy atom. The molecule has 0 spiro atoms. The summed E-state index contributed by atoms with van der Waals surface area (Å²) in [6, 6.07) is 8.11. The van der Waals surface area contributed by atoms with Crippen molar-refractivity contribution < 1.29 is 12.8 Å². The van der Waals surface area contributed by atoms with Gasteiger partial charge in [-0.2, -0.15) is 4.98 Å². The molecule has 3 rings (SSSR count). The summed E-state index contributed by atoms with van der Waals surface area (Å²) in [6.07, 6.45) is 3.00. The number of halogens is 1. The highest BCUT2D eigenvalue weighted by molar-refractivity contribution is 7.91. The first-order chi connectivity index (χ1) is 11.9. The van der Waals surface area contributed by atoms with Crippen LogP contribution in [0.4, 0.5) is 16.2 Å². The van der Waals surface area contributed by atoms with Gasteiger partial charge in [0.2, 0.25) is 5.95 Å². The fourth-order valence-electron chi connectivity index (χ4n) is 2.87. The van der Waals surface area contributed by atoms with Crippen molar-refractivity contribution in [3.05, 3.63) is 47.9 Å². The Kier molecular flexibility index (Phi) is 5.17. The molecule has 1 fully saturated rings. The van der Waals surface area contributed by atoms with Gasteiger partial charge in [-0.3, -0.25) is 0 Å². The molecule has 1 saturated heterocycles. The smallest absolute Gasteiger partial charge is 0.224 e. The molecule has 6 nitrogen and oxygen atoms in total. The van der Waals surface area contributed by atoms with Crippen LogP contribution in [0, 0.1) is 5.82 Å². The summed E-state index contributed by atoms with van der Waals surface area (Å²) in [4.78, 5) is 10.6. The number of hydrogen-bond donors (Lipinski definition) is 1. The Bertz CT molecular complexity index is 827. The third kappa shape index (κ3) is 4.66. The quantitative estimate of drug-likeness (QED) is 0.844. The number of sulfone groups is 1. The number of rotatable bonds is 6. The van der Waals surface area contributed by atoms with Crippen molar-refractivity contribution in [1.29, 1.82) is 0 Å². The van der Waals surface area contributed by atoms with Crippen molar-refractivity contribution in [2.24, 2.45) is 0 Å². The first-order valence-corrected chi connectivity index (χ1v) is 10.00. The summed E-state index contributed by atoms with van der Waals surface area (Å²) in [5.41, 5.74) is 1.03. The zero-order chi connectivity index (χ0) is 17.9. The molecule has 8 heteroatoms. The summed E-state index contributed by atoms with van der Waals surface area (Å²) < 4.78 is 36.2.